The lowest BCUT2D eigenvalue weighted by Gasteiger charge is -2.19. The van der Waals surface area contributed by atoms with Crippen LogP contribution in [0, 0.1) is 5.92 Å². The zero-order valence-corrected chi connectivity index (χ0v) is 12.3. The van der Waals surface area contributed by atoms with Crippen molar-refractivity contribution in [3.8, 4) is 0 Å². The zero-order valence-electron chi connectivity index (χ0n) is 11.6. The maximum atomic E-state index is 11.7. The van der Waals surface area contributed by atoms with Gasteiger partial charge in [0.15, 0.2) is 0 Å². The SMILES string of the molecule is O=C(CCl)NC(c1ccccc1)C1CC1c1ccncc1. The average Bonchev–Trinajstić information content (AvgIpc) is 3.34. The standard InChI is InChI=1S/C17H17ClN2O/c18-11-16(21)20-17(13-4-2-1-3-5-13)15-10-14(15)12-6-8-19-9-7-12/h1-9,14-15,17H,10-11H2,(H,20,21). The van der Waals surface area contributed by atoms with Gasteiger partial charge in [0.1, 0.15) is 5.88 Å². The first-order valence-electron chi connectivity index (χ1n) is 7.10. The van der Waals surface area contributed by atoms with Gasteiger partial charge in [-0.25, -0.2) is 0 Å². The van der Waals surface area contributed by atoms with Gasteiger partial charge in [-0.1, -0.05) is 30.3 Å². The number of carbonyl (C=O) groups excluding carboxylic acids is 1. The Labute approximate surface area is 129 Å². The van der Waals surface area contributed by atoms with Crippen LogP contribution in [-0.4, -0.2) is 16.8 Å². The number of nitrogens with one attached hydrogen (secondary N) is 1. The Balaban J connectivity index is 1.79. The molecule has 1 fully saturated rings. The number of carbonyl (C=O) groups is 1. The van der Waals surface area contributed by atoms with E-state index in [1.165, 1.54) is 5.56 Å². The molecule has 3 rings (SSSR count). The highest BCUT2D eigenvalue weighted by molar-refractivity contribution is 6.27. The first-order chi connectivity index (χ1) is 10.3. The smallest absolute Gasteiger partial charge is 0.235 e. The minimum atomic E-state index is -0.120. The molecule has 3 atom stereocenters. The van der Waals surface area contributed by atoms with Crippen LogP contribution in [-0.2, 0) is 4.79 Å². The van der Waals surface area contributed by atoms with Crippen LogP contribution in [0.1, 0.15) is 29.5 Å². The summed E-state index contributed by atoms with van der Waals surface area (Å²) in [4.78, 5) is 15.8. The van der Waals surface area contributed by atoms with Gasteiger partial charge in [-0.3, -0.25) is 9.78 Å². The van der Waals surface area contributed by atoms with Crippen molar-refractivity contribution in [2.75, 3.05) is 5.88 Å². The van der Waals surface area contributed by atoms with Gasteiger partial charge in [0.25, 0.3) is 0 Å². The largest absolute Gasteiger partial charge is 0.348 e. The Morgan fingerprint density at radius 2 is 1.95 bits per heavy atom. The molecule has 4 heteroatoms. The van der Waals surface area contributed by atoms with Crippen molar-refractivity contribution >= 4 is 17.5 Å². The van der Waals surface area contributed by atoms with Crippen molar-refractivity contribution in [2.45, 2.75) is 18.4 Å². The molecule has 0 saturated heterocycles. The summed E-state index contributed by atoms with van der Waals surface area (Å²) in [5.74, 6) is 0.775. The summed E-state index contributed by atoms with van der Waals surface area (Å²) in [5, 5.41) is 3.06. The molecule has 1 N–H and O–H groups in total. The van der Waals surface area contributed by atoms with Crippen LogP contribution in [0.5, 0.6) is 0 Å². The maximum absolute atomic E-state index is 11.7. The minimum absolute atomic E-state index is 0.00399. The second-order valence-corrected chi connectivity index (χ2v) is 5.64. The summed E-state index contributed by atoms with van der Waals surface area (Å²) in [6.45, 7) is 0. The van der Waals surface area contributed by atoms with Crippen LogP contribution in [0.15, 0.2) is 54.9 Å². The number of amides is 1. The van der Waals surface area contributed by atoms with Gasteiger partial charge in [0, 0.05) is 12.4 Å². The lowest BCUT2D eigenvalue weighted by atomic mass is 9.99. The summed E-state index contributed by atoms with van der Waals surface area (Å²) < 4.78 is 0. The third-order valence-electron chi connectivity index (χ3n) is 4.00. The predicted octanol–water partition coefficient (Wildman–Crippen LogP) is 3.28. The van der Waals surface area contributed by atoms with E-state index in [1.807, 2.05) is 30.6 Å². The van der Waals surface area contributed by atoms with E-state index in [9.17, 15) is 4.79 Å². The fourth-order valence-corrected chi connectivity index (χ4v) is 2.96. The molecule has 1 aliphatic carbocycles. The molecule has 0 radical (unpaired) electrons. The fraction of sp³-hybridized carbons (Fsp3) is 0.294. The summed E-state index contributed by atoms with van der Waals surface area (Å²) in [6, 6.07) is 14.2. The molecule has 1 aliphatic rings. The van der Waals surface area contributed by atoms with Crippen molar-refractivity contribution in [3.05, 3.63) is 66.0 Å². The highest BCUT2D eigenvalue weighted by Crippen LogP contribution is 2.53. The molecular formula is C17H17ClN2O. The van der Waals surface area contributed by atoms with Gasteiger partial charge in [-0.2, -0.15) is 0 Å². The molecule has 108 valence electrons. The Kier molecular flexibility index (Phi) is 4.20. The normalized spacial score (nSPS) is 21.6. The van der Waals surface area contributed by atoms with E-state index < -0.39 is 0 Å². The summed E-state index contributed by atoms with van der Waals surface area (Å²) in [5.41, 5.74) is 2.42. The van der Waals surface area contributed by atoms with Crippen molar-refractivity contribution in [3.63, 3.8) is 0 Å². The first-order valence-corrected chi connectivity index (χ1v) is 7.63. The molecular weight excluding hydrogens is 284 g/mol. The van der Waals surface area contributed by atoms with E-state index in [-0.39, 0.29) is 17.8 Å². The highest BCUT2D eigenvalue weighted by atomic mass is 35.5. The highest BCUT2D eigenvalue weighted by Gasteiger charge is 2.44. The number of alkyl halides is 1. The van der Waals surface area contributed by atoms with Crippen LogP contribution < -0.4 is 5.32 Å². The molecule has 3 nitrogen and oxygen atoms in total. The van der Waals surface area contributed by atoms with E-state index in [2.05, 4.69) is 34.6 Å². The molecule has 0 bridgehead atoms. The quantitative estimate of drug-likeness (QED) is 0.861. The van der Waals surface area contributed by atoms with Crippen LogP contribution in [0.4, 0.5) is 0 Å². The van der Waals surface area contributed by atoms with Crippen molar-refractivity contribution in [1.29, 1.82) is 0 Å². The molecule has 0 spiro atoms. The molecule has 1 amide bonds. The Morgan fingerprint density at radius 1 is 1.24 bits per heavy atom. The van der Waals surface area contributed by atoms with Gasteiger partial charge in [0.05, 0.1) is 6.04 Å². The second-order valence-electron chi connectivity index (χ2n) is 5.38. The van der Waals surface area contributed by atoms with E-state index in [1.54, 1.807) is 0 Å². The molecule has 0 aliphatic heterocycles. The monoisotopic (exact) mass is 300 g/mol. The third-order valence-corrected chi connectivity index (χ3v) is 4.24. The molecule has 1 aromatic heterocycles. The minimum Gasteiger partial charge on any atom is -0.348 e. The number of aromatic nitrogens is 1. The number of hydrogen-bond donors (Lipinski definition) is 1. The Hall–Kier alpha value is -1.87. The number of benzene rings is 1. The fourth-order valence-electron chi connectivity index (χ4n) is 2.89. The summed E-state index contributed by atoms with van der Waals surface area (Å²) in [6.07, 6.45) is 4.71. The topological polar surface area (TPSA) is 42.0 Å². The van der Waals surface area contributed by atoms with Gasteiger partial charge in [0.2, 0.25) is 5.91 Å². The lowest BCUT2D eigenvalue weighted by Crippen LogP contribution is -2.31. The van der Waals surface area contributed by atoms with Crippen LogP contribution >= 0.6 is 11.6 Å². The molecule has 2 aromatic rings. The van der Waals surface area contributed by atoms with Gasteiger partial charge in [-0.05, 0) is 41.5 Å². The number of nitrogens with zero attached hydrogens (tertiary/aromatic N) is 1. The summed E-state index contributed by atoms with van der Waals surface area (Å²) in [7, 11) is 0. The van der Waals surface area contributed by atoms with Gasteiger partial charge < -0.3 is 5.32 Å². The van der Waals surface area contributed by atoms with Crippen molar-refractivity contribution < 1.29 is 4.79 Å². The Morgan fingerprint density at radius 3 is 2.62 bits per heavy atom. The molecule has 1 aromatic carbocycles. The Bertz CT molecular complexity index is 603. The number of pyridine rings is 1. The molecule has 1 heterocycles. The third kappa shape index (κ3) is 3.24. The van der Waals surface area contributed by atoms with Crippen LogP contribution in [0.25, 0.3) is 0 Å². The number of rotatable bonds is 5. The van der Waals surface area contributed by atoms with E-state index >= 15 is 0 Å². The van der Waals surface area contributed by atoms with E-state index in [0.29, 0.717) is 11.8 Å². The number of hydrogen-bond acceptors (Lipinski definition) is 2. The number of halogens is 1. The summed E-state index contributed by atoms with van der Waals surface area (Å²) >= 11 is 5.64. The molecule has 21 heavy (non-hydrogen) atoms. The van der Waals surface area contributed by atoms with Crippen LogP contribution in [0.2, 0.25) is 0 Å². The van der Waals surface area contributed by atoms with Gasteiger partial charge in [-0.15, -0.1) is 11.6 Å². The molecule has 1 saturated carbocycles. The average molecular weight is 301 g/mol. The van der Waals surface area contributed by atoms with E-state index in [0.717, 1.165) is 12.0 Å². The first kappa shape index (κ1) is 14.1. The van der Waals surface area contributed by atoms with Crippen molar-refractivity contribution in [1.82, 2.24) is 10.3 Å². The zero-order chi connectivity index (χ0) is 14.7. The lowest BCUT2D eigenvalue weighted by molar-refractivity contribution is -0.119. The maximum Gasteiger partial charge on any atom is 0.235 e. The predicted molar refractivity (Wildman–Crippen MR) is 83.1 cm³/mol. The molecule has 3 unspecified atom stereocenters. The van der Waals surface area contributed by atoms with E-state index in [4.69, 9.17) is 11.6 Å². The van der Waals surface area contributed by atoms with Crippen LogP contribution in [0.3, 0.4) is 0 Å². The second kappa shape index (κ2) is 6.27. The van der Waals surface area contributed by atoms with Gasteiger partial charge >= 0.3 is 0 Å². The van der Waals surface area contributed by atoms with Crippen molar-refractivity contribution in [2.24, 2.45) is 5.92 Å².